The van der Waals surface area contributed by atoms with Crippen molar-refractivity contribution in [2.24, 2.45) is 5.41 Å². The lowest BCUT2D eigenvalue weighted by atomic mass is 9.90. The third-order valence-electron chi connectivity index (χ3n) is 1.70. The van der Waals surface area contributed by atoms with Crippen LogP contribution in [0.15, 0.2) is 0 Å². The van der Waals surface area contributed by atoms with E-state index in [1.165, 1.54) is 0 Å². The van der Waals surface area contributed by atoms with Crippen molar-refractivity contribution in [3.05, 3.63) is 0 Å². The normalized spacial score (nSPS) is 41.3. The van der Waals surface area contributed by atoms with E-state index in [1.807, 2.05) is 13.8 Å². The minimum absolute atomic E-state index is 0.292. The average Bonchev–Trinajstić information content (AvgIpc) is 1.97. The van der Waals surface area contributed by atoms with Crippen molar-refractivity contribution in [2.75, 3.05) is 6.61 Å². The van der Waals surface area contributed by atoms with Gasteiger partial charge in [-0.05, 0) is 0 Å². The third kappa shape index (κ3) is 1.08. The fourth-order valence-electron chi connectivity index (χ4n) is 0.863. The van der Waals surface area contributed by atoms with Crippen LogP contribution in [0.5, 0.6) is 0 Å². The van der Waals surface area contributed by atoms with Crippen LogP contribution in [0.3, 0.4) is 0 Å². The average molecular weight is 132 g/mol. The van der Waals surface area contributed by atoms with Gasteiger partial charge in [0.2, 0.25) is 0 Å². The first-order valence-corrected chi connectivity index (χ1v) is 3.02. The molecule has 1 fully saturated rings. The predicted molar refractivity (Wildman–Crippen MR) is 31.7 cm³/mol. The van der Waals surface area contributed by atoms with Crippen LogP contribution in [-0.2, 0) is 4.74 Å². The van der Waals surface area contributed by atoms with Gasteiger partial charge in [0.05, 0.1) is 6.61 Å². The molecule has 0 aromatic carbocycles. The highest BCUT2D eigenvalue weighted by Gasteiger charge is 2.40. The van der Waals surface area contributed by atoms with Crippen LogP contribution < -0.4 is 0 Å². The molecule has 0 amide bonds. The molecule has 0 radical (unpaired) electrons. The Labute approximate surface area is 54.3 Å². The Hall–Kier alpha value is -0.120. The van der Waals surface area contributed by atoms with Gasteiger partial charge in [-0.3, -0.25) is 0 Å². The zero-order valence-electron chi connectivity index (χ0n) is 5.66. The first-order chi connectivity index (χ1) is 4.04. The first-order valence-electron chi connectivity index (χ1n) is 3.02. The van der Waals surface area contributed by atoms with Gasteiger partial charge in [0.25, 0.3) is 0 Å². The maximum Gasteiger partial charge on any atom is 0.181 e. The van der Waals surface area contributed by atoms with Crippen molar-refractivity contribution in [3.63, 3.8) is 0 Å². The molecule has 1 aliphatic heterocycles. The van der Waals surface area contributed by atoms with Crippen molar-refractivity contribution in [1.29, 1.82) is 0 Å². The van der Waals surface area contributed by atoms with Gasteiger partial charge in [0, 0.05) is 5.41 Å². The van der Waals surface area contributed by atoms with Crippen LogP contribution >= 0.6 is 0 Å². The molecule has 1 rings (SSSR count). The Balaban J connectivity index is 2.62. The molecule has 2 atom stereocenters. The summed E-state index contributed by atoms with van der Waals surface area (Å²) in [5.74, 6) is 0. The maximum atomic E-state index is 9.15. The molecular formula is C6H12O3. The van der Waals surface area contributed by atoms with Gasteiger partial charge in [-0.15, -0.1) is 0 Å². The molecule has 0 aromatic rings. The van der Waals surface area contributed by atoms with E-state index in [-0.39, 0.29) is 5.41 Å². The predicted octanol–water partition coefficient (Wildman–Crippen LogP) is -0.278. The summed E-state index contributed by atoms with van der Waals surface area (Å²) >= 11 is 0. The number of rotatable bonds is 0. The van der Waals surface area contributed by atoms with Crippen molar-refractivity contribution < 1.29 is 14.9 Å². The molecule has 1 unspecified atom stereocenters. The van der Waals surface area contributed by atoms with Gasteiger partial charge in [-0.25, -0.2) is 0 Å². The van der Waals surface area contributed by atoms with Crippen molar-refractivity contribution in [3.8, 4) is 0 Å². The van der Waals surface area contributed by atoms with Gasteiger partial charge in [-0.2, -0.15) is 0 Å². The number of aliphatic hydroxyl groups is 2. The van der Waals surface area contributed by atoms with E-state index in [0.717, 1.165) is 0 Å². The van der Waals surface area contributed by atoms with E-state index in [1.54, 1.807) is 0 Å². The van der Waals surface area contributed by atoms with Crippen LogP contribution in [0, 0.1) is 5.41 Å². The molecule has 0 aromatic heterocycles. The molecule has 1 heterocycles. The second-order valence-electron chi connectivity index (χ2n) is 3.13. The molecule has 1 aliphatic rings. The minimum atomic E-state index is -0.986. The standard InChI is InChI=1S/C6H12O3/c1-6(2)3-9-5(8)4(6)7/h4-5,7-8H,3H2,1-2H3/t4-,5?/m0/s1. The molecule has 0 spiro atoms. The van der Waals surface area contributed by atoms with Crippen molar-refractivity contribution in [2.45, 2.75) is 26.2 Å². The molecule has 2 N–H and O–H groups in total. The van der Waals surface area contributed by atoms with Crippen LogP contribution in [0.4, 0.5) is 0 Å². The van der Waals surface area contributed by atoms with E-state index >= 15 is 0 Å². The smallest absolute Gasteiger partial charge is 0.181 e. The molecular weight excluding hydrogens is 120 g/mol. The zero-order valence-corrected chi connectivity index (χ0v) is 5.66. The van der Waals surface area contributed by atoms with Crippen LogP contribution in [0.25, 0.3) is 0 Å². The van der Waals surface area contributed by atoms with E-state index in [4.69, 9.17) is 14.9 Å². The molecule has 0 aliphatic carbocycles. The summed E-state index contributed by atoms with van der Waals surface area (Å²) in [6.45, 7) is 4.14. The SMILES string of the molecule is CC1(C)COC(O)[C@@H]1O. The number of aliphatic hydroxyl groups excluding tert-OH is 2. The van der Waals surface area contributed by atoms with Gasteiger partial charge in [-0.1, -0.05) is 13.8 Å². The molecule has 9 heavy (non-hydrogen) atoms. The summed E-state index contributed by atoms with van der Waals surface area (Å²) in [6, 6.07) is 0. The molecule has 0 saturated carbocycles. The number of hydrogen-bond donors (Lipinski definition) is 2. The zero-order chi connectivity index (χ0) is 7.07. The lowest BCUT2D eigenvalue weighted by Gasteiger charge is -2.19. The maximum absolute atomic E-state index is 9.15. The highest BCUT2D eigenvalue weighted by atomic mass is 16.6. The fraction of sp³-hybridized carbons (Fsp3) is 1.00. The Bertz CT molecular complexity index is 111. The number of ether oxygens (including phenoxy) is 1. The largest absolute Gasteiger partial charge is 0.387 e. The van der Waals surface area contributed by atoms with Crippen molar-refractivity contribution in [1.82, 2.24) is 0 Å². The monoisotopic (exact) mass is 132 g/mol. The van der Waals surface area contributed by atoms with Crippen LogP contribution in [0.1, 0.15) is 13.8 Å². The lowest BCUT2D eigenvalue weighted by molar-refractivity contribution is -0.111. The highest BCUT2D eigenvalue weighted by Crippen LogP contribution is 2.30. The van der Waals surface area contributed by atoms with E-state index in [2.05, 4.69) is 0 Å². The molecule has 3 nitrogen and oxygen atoms in total. The van der Waals surface area contributed by atoms with E-state index in [9.17, 15) is 0 Å². The Morgan fingerprint density at radius 1 is 1.44 bits per heavy atom. The Morgan fingerprint density at radius 2 is 2.00 bits per heavy atom. The summed E-state index contributed by atoms with van der Waals surface area (Å²) in [7, 11) is 0. The minimum Gasteiger partial charge on any atom is -0.387 e. The summed E-state index contributed by atoms with van der Waals surface area (Å²) in [4.78, 5) is 0. The summed E-state index contributed by atoms with van der Waals surface area (Å²) in [5, 5.41) is 18.0. The van der Waals surface area contributed by atoms with Gasteiger partial charge < -0.3 is 14.9 Å². The molecule has 1 saturated heterocycles. The first kappa shape index (κ1) is 6.99. The molecule has 54 valence electrons. The van der Waals surface area contributed by atoms with E-state index in [0.29, 0.717) is 6.61 Å². The lowest BCUT2D eigenvalue weighted by Crippen LogP contribution is -2.31. The Morgan fingerprint density at radius 3 is 2.11 bits per heavy atom. The summed E-state index contributed by atoms with van der Waals surface area (Å²) < 4.78 is 4.79. The topological polar surface area (TPSA) is 49.7 Å². The van der Waals surface area contributed by atoms with Gasteiger partial charge in [0.15, 0.2) is 6.29 Å². The second kappa shape index (κ2) is 1.94. The van der Waals surface area contributed by atoms with E-state index < -0.39 is 12.4 Å². The Kier molecular flexibility index (Phi) is 1.50. The highest BCUT2D eigenvalue weighted by molar-refractivity contribution is 4.84. The fourth-order valence-corrected chi connectivity index (χ4v) is 0.863. The van der Waals surface area contributed by atoms with Crippen LogP contribution in [-0.4, -0.2) is 29.2 Å². The van der Waals surface area contributed by atoms with Gasteiger partial charge >= 0.3 is 0 Å². The molecule has 0 bridgehead atoms. The third-order valence-corrected chi connectivity index (χ3v) is 1.70. The summed E-state index contributed by atoms with van der Waals surface area (Å²) in [6.07, 6.45) is -1.72. The van der Waals surface area contributed by atoms with Crippen LogP contribution in [0.2, 0.25) is 0 Å². The van der Waals surface area contributed by atoms with Gasteiger partial charge in [0.1, 0.15) is 6.10 Å². The quantitative estimate of drug-likeness (QED) is 0.476. The second-order valence-corrected chi connectivity index (χ2v) is 3.13. The molecule has 3 heteroatoms. The summed E-state index contributed by atoms with van der Waals surface area (Å²) in [5.41, 5.74) is -0.292. The number of hydrogen-bond acceptors (Lipinski definition) is 3. The van der Waals surface area contributed by atoms with Crippen molar-refractivity contribution >= 4 is 0 Å².